The van der Waals surface area contributed by atoms with Crippen LogP contribution >= 0.6 is 0 Å². The third-order valence-electron chi connectivity index (χ3n) is 14.1. The highest BCUT2D eigenvalue weighted by Gasteiger charge is 2.19. The number of hydrogen-bond donors (Lipinski definition) is 0. The van der Waals surface area contributed by atoms with Crippen molar-refractivity contribution in [3.05, 3.63) is 146 Å². The predicted octanol–water partition coefficient (Wildman–Crippen LogP) is 23.5. The first-order valence-corrected chi connectivity index (χ1v) is 33.8. The van der Waals surface area contributed by atoms with Crippen molar-refractivity contribution in [2.45, 2.75) is 303 Å². The van der Waals surface area contributed by atoms with Crippen molar-refractivity contribution in [3.63, 3.8) is 0 Å². The van der Waals surface area contributed by atoms with E-state index in [4.69, 9.17) is 14.2 Å². The molecule has 1 unspecified atom stereocenters. The number of allylic oxidation sites excluding steroid dienone is 24. The van der Waals surface area contributed by atoms with Crippen LogP contribution in [0.2, 0.25) is 0 Å². The molecule has 6 heteroatoms. The minimum absolute atomic E-state index is 0.100. The highest BCUT2D eigenvalue weighted by atomic mass is 16.6. The summed E-state index contributed by atoms with van der Waals surface area (Å²) in [6.07, 6.45) is 98.5. The third kappa shape index (κ3) is 66.1. The summed E-state index contributed by atoms with van der Waals surface area (Å²) in [5.74, 6) is -0.947. The molecule has 0 radical (unpaired) electrons. The number of hydrogen-bond acceptors (Lipinski definition) is 6. The van der Waals surface area contributed by atoms with E-state index in [0.29, 0.717) is 12.8 Å². The third-order valence-corrected chi connectivity index (χ3v) is 14.1. The minimum Gasteiger partial charge on any atom is -0.462 e. The Morgan fingerprint density at radius 3 is 0.756 bits per heavy atom. The summed E-state index contributed by atoms with van der Waals surface area (Å²) in [6, 6.07) is 0. The molecule has 0 amide bonds. The van der Waals surface area contributed by atoms with Crippen molar-refractivity contribution in [2.75, 3.05) is 13.2 Å². The first kappa shape index (κ1) is 77.3. The topological polar surface area (TPSA) is 78.9 Å². The number of unbranched alkanes of at least 4 members (excludes halogenated alkanes) is 25. The highest BCUT2D eigenvalue weighted by molar-refractivity contribution is 5.71. The molecule has 464 valence electrons. The molecule has 0 heterocycles. The highest BCUT2D eigenvalue weighted by Crippen LogP contribution is 2.16. The van der Waals surface area contributed by atoms with E-state index < -0.39 is 6.10 Å². The number of carbonyl (C=O) groups is 3. The van der Waals surface area contributed by atoms with E-state index in [2.05, 4.69) is 167 Å². The Balaban J connectivity index is 4.48. The van der Waals surface area contributed by atoms with Gasteiger partial charge in [0.15, 0.2) is 6.10 Å². The predicted molar refractivity (Wildman–Crippen MR) is 357 cm³/mol. The van der Waals surface area contributed by atoms with Gasteiger partial charge in [-0.3, -0.25) is 14.4 Å². The number of rotatable bonds is 60. The van der Waals surface area contributed by atoms with Gasteiger partial charge in [0.1, 0.15) is 13.2 Å². The van der Waals surface area contributed by atoms with Crippen LogP contribution < -0.4 is 0 Å². The standard InChI is InChI=1S/C76H124O6/c1-4-7-10-13-16-19-22-25-28-31-34-35-36-37-38-39-40-41-43-45-48-51-54-57-60-63-66-69-75(78)81-72-73(71-80-74(77)68-65-62-59-56-53-50-47-44-33-30-27-24-21-18-15-12-9-6-3)82-76(79)70-67-64-61-58-55-52-49-46-42-32-29-26-23-20-17-14-11-8-5-2/h7-8,10-11,16-17,19-20,25-26,28-29,34-35,37-38,40-42,45-46,48,52,55,73H,4-6,9,12-15,18,21-24,27,30-33,36,39,43-44,47,49-51,53-54,56-72H2,1-3H3/b10-7-,11-8-,19-16-,20-17-,28-25-,29-26-,35-34-,38-37-,41-40-,46-42-,48-45-,55-52-. The Hall–Kier alpha value is -4.71. The van der Waals surface area contributed by atoms with Gasteiger partial charge in [-0.05, 0) is 122 Å². The lowest BCUT2D eigenvalue weighted by atomic mass is 10.0. The molecule has 0 fully saturated rings. The number of carbonyl (C=O) groups excluding carboxylic acids is 3. The summed E-state index contributed by atoms with van der Waals surface area (Å²) in [5.41, 5.74) is 0. The van der Waals surface area contributed by atoms with Gasteiger partial charge in [-0.1, -0.05) is 301 Å². The Kier molecular flexibility index (Phi) is 64.8. The Labute approximate surface area is 506 Å². The zero-order chi connectivity index (χ0) is 59.2. The molecule has 0 spiro atoms. The van der Waals surface area contributed by atoms with E-state index in [9.17, 15) is 14.4 Å². The average Bonchev–Trinajstić information content (AvgIpc) is 3.47. The molecule has 0 bridgehead atoms. The summed E-state index contributed by atoms with van der Waals surface area (Å²) < 4.78 is 16.9. The molecule has 82 heavy (non-hydrogen) atoms. The molecular weight excluding hydrogens is 1010 g/mol. The van der Waals surface area contributed by atoms with E-state index in [1.807, 2.05) is 0 Å². The fraction of sp³-hybridized carbons (Fsp3) is 0.645. The number of esters is 3. The molecule has 1 atom stereocenters. The summed E-state index contributed by atoms with van der Waals surface area (Å²) >= 11 is 0. The van der Waals surface area contributed by atoms with Gasteiger partial charge in [0.2, 0.25) is 0 Å². The average molecular weight is 1130 g/mol. The lowest BCUT2D eigenvalue weighted by molar-refractivity contribution is -0.167. The molecule has 0 aromatic heterocycles. The van der Waals surface area contributed by atoms with Crippen molar-refractivity contribution in [3.8, 4) is 0 Å². The smallest absolute Gasteiger partial charge is 0.306 e. The Bertz CT molecular complexity index is 1780. The fourth-order valence-corrected chi connectivity index (χ4v) is 9.10. The van der Waals surface area contributed by atoms with Crippen molar-refractivity contribution in [1.82, 2.24) is 0 Å². The van der Waals surface area contributed by atoms with Gasteiger partial charge in [-0.25, -0.2) is 0 Å². The van der Waals surface area contributed by atoms with Crippen LogP contribution in [0.3, 0.4) is 0 Å². The van der Waals surface area contributed by atoms with Crippen LogP contribution in [0.15, 0.2) is 146 Å². The summed E-state index contributed by atoms with van der Waals surface area (Å²) in [7, 11) is 0. The molecule has 0 rings (SSSR count). The van der Waals surface area contributed by atoms with E-state index in [1.165, 1.54) is 96.3 Å². The van der Waals surface area contributed by atoms with Crippen LogP contribution in [-0.4, -0.2) is 37.2 Å². The molecule has 0 aliphatic heterocycles. The van der Waals surface area contributed by atoms with Crippen LogP contribution in [-0.2, 0) is 28.6 Å². The van der Waals surface area contributed by atoms with Crippen LogP contribution in [0.25, 0.3) is 0 Å². The van der Waals surface area contributed by atoms with E-state index >= 15 is 0 Å². The lowest BCUT2D eigenvalue weighted by Crippen LogP contribution is -2.30. The van der Waals surface area contributed by atoms with Gasteiger partial charge in [0.25, 0.3) is 0 Å². The zero-order valence-corrected chi connectivity index (χ0v) is 53.2. The summed E-state index contributed by atoms with van der Waals surface area (Å²) in [4.78, 5) is 38.4. The van der Waals surface area contributed by atoms with Crippen LogP contribution in [0.5, 0.6) is 0 Å². The SMILES string of the molecule is CC/C=C\C/C=C\C/C=C\C/C=C\C/C=C\C/C=C\C/C=C\CCCCCCCC(=O)OCC(COC(=O)CCCCCCCCCCCCCCCCCCCC)OC(=O)CCCCC/C=C\C/C=C\C/C=C\C/C=C\C/C=C\CC. The Morgan fingerprint density at radius 2 is 0.476 bits per heavy atom. The monoisotopic (exact) mass is 1130 g/mol. The molecule has 0 aliphatic carbocycles. The van der Waals surface area contributed by atoms with Crippen molar-refractivity contribution in [1.29, 1.82) is 0 Å². The normalized spacial score (nSPS) is 13.1. The first-order chi connectivity index (χ1) is 40.5. The van der Waals surface area contributed by atoms with Crippen molar-refractivity contribution < 1.29 is 28.6 Å². The largest absolute Gasteiger partial charge is 0.462 e. The molecular formula is C76H124O6. The fourth-order valence-electron chi connectivity index (χ4n) is 9.10. The second-order valence-corrected chi connectivity index (χ2v) is 22.0. The van der Waals surface area contributed by atoms with Gasteiger partial charge >= 0.3 is 17.9 Å². The van der Waals surface area contributed by atoms with E-state index in [0.717, 1.165) is 161 Å². The molecule has 0 aromatic rings. The lowest BCUT2D eigenvalue weighted by Gasteiger charge is -2.18. The zero-order valence-electron chi connectivity index (χ0n) is 53.2. The quantitative estimate of drug-likeness (QED) is 0.0261. The second kappa shape index (κ2) is 68.8. The molecule has 6 nitrogen and oxygen atoms in total. The van der Waals surface area contributed by atoms with E-state index in [-0.39, 0.29) is 37.5 Å². The van der Waals surface area contributed by atoms with Crippen LogP contribution in [0.1, 0.15) is 297 Å². The summed E-state index contributed by atoms with van der Waals surface area (Å²) in [5, 5.41) is 0. The van der Waals surface area contributed by atoms with Gasteiger partial charge in [0, 0.05) is 19.3 Å². The maximum Gasteiger partial charge on any atom is 0.306 e. The molecule has 0 saturated carbocycles. The Morgan fingerprint density at radius 1 is 0.256 bits per heavy atom. The van der Waals surface area contributed by atoms with Gasteiger partial charge in [0.05, 0.1) is 0 Å². The van der Waals surface area contributed by atoms with Gasteiger partial charge in [-0.2, -0.15) is 0 Å². The van der Waals surface area contributed by atoms with Crippen LogP contribution in [0, 0.1) is 0 Å². The molecule has 0 aliphatic rings. The minimum atomic E-state index is -0.811. The van der Waals surface area contributed by atoms with E-state index in [1.54, 1.807) is 0 Å². The van der Waals surface area contributed by atoms with Crippen molar-refractivity contribution in [2.24, 2.45) is 0 Å². The van der Waals surface area contributed by atoms with Gasteiger partial charge in [-0.15, -0.1) is 0 Å². The van der Waals surface area contributed by atoms with Crippen LogP contribution in [0.4, 0.5) is 0 Å². The molecule has 0 saturated heterocycles. The molecule has 0 aromatic carbocycles. The summed E-state index contributed by atoms with van der Waals surface area (Å²) in [6.45, 7) is 6.39. The first-order valence-electron chi connectivity index (χ1n) is 33.8. The van der Waals surface area contributed by atoms with Crippen molar-refractivity contribution >= 4 is 17.9 Å². The second-order valence-electron chi connectivity index (χ2n) is 22.0. The maximum absolute atomic E-state index is 12.9. The maximum atomic E-state index is 12.9. The molecule has 0 N–H and O–H groups in total. The number of ether oxygens (including phenoxy) is 3. The van der Waals surface area contributed by atoms with Gasteiger partial charge < -0.3 is 14.2 Å².